The first-order valence-corrected chi connectivity index (χ1v) is 7.65. The summed E-state index contributed by atoms with van der Waals surface area (Å²) in [6, 6.07) is 13.3. The molecule has 2 aromatic rings. The Morgan fingerprint density at radius 1 is 1.16 bits per heavy atom. The second-order valence-electron chi connectivity index (χ2n) is 5.55. The third-order valence-corrected chi connectivity index (χ3v) is 4.06. The molecule has 25 heavy (non-hydrogen) atoms. The minimum Gasteiger partial charge on any atom is -0.497 e. The lowest BCUT2D eigenvalue weighted by Gasteiger charge is -2.33. The van der Waals surface area contributed by atoms with E-state index < -0.39 is 4.92 Å². The number of nitro groups is 1. The number of hydrogen-bond donors (Lipinski definition) is 0. The van der Waals surface area contributed by atoms with E-state index in [0.717, 1.165) is 5.69 Å². The average Bonchev–Trinajstić information content (AvgIpc) is 2.64. The van der Waals surface area contributed by atoms with Crippen molar-refractivity contribution in [2.24, 2.45) is 0 Å². The summed E-state index contributed by atoms with van der Waals surface area (Å²) in [5.41, 5.74) is 2.00. The van der Waals surface area contributed by atoms with Gasteiger partial charge in [-0.15, -0.1) is 0 Å². The number of rotatable bonds is 4. The van der Waals surface area contributed by atoms with E-state index in [4.69, 9.17) is 4.74 Å². The summed E-state index contributed by atoms with van der Waals surface area (Å²) in [5.74, 6) is 0.668. The van der Waals surface area contributed by atoms with Crippen LogP contribution in [0, 0.1) is 10.1 Å². The zero-order chi connectivity index (χ0) is 18.0. The number of urea groups is 1. The largest absolute Gasteiger partial charge is 0.497 e. The van der Waals surface area contributed by atoms with Crippen LogP contribution < -0.4 is 9.64 Å². The van der Waals surface area contributed by atoms with Crippen LogP contribution in [0.4, 0.5) is 16.2 Å². The summed E-state index contributed by atoms with van der Waals surface area (Å²) in [4.78, 5) is 26.4. The minimum absolute atomic E-state index is 0.00512. The molecule has 7 nitrogen and oxygen atoms in total. The topological polar surface area (TPSA) is 75.9 Å². The second-order valence-corrected chi connectivity index (χ2v) is 5.55. The Hall–Kier alpha value is -3.35. The summed E-state index contributed by atoms with van der Waals surface area (Å²) in [6.07, 6.45) is 1.87. The van der Waals surface area contributed by atoms with Crippen LogP contribution in [0.5, 0.6) is 5.75 Å². The van der Waals surface area contributed by atoms with Crippen molar-refractivity contribution in [3.63, 3.8) is 0 Å². The van der Waals surface area contributed by atoms with E-state index in [-0.39, 0.29) is 11.7 Å². The SMILES string of the molecule is COc1cccc(N2CC=C(c3cccc([N+](=O)[O-])c3)N(C)C2=O)c1. The minimum atomic E-state index is -0.447. The van der Waals surface area contributed by atoms with E-state index in [1.165, 1.54) is 17.0 Å². The van der Waals surface area contributed by atoms with Crippen molar-refractivity contribution >= 4 is 23.1 Å². The fourth-order valence-corrected chi connectivity index (χ4v) is 2.76. The van der Waals surface area contributed by atoms with Gasteiger partial charge in [0.15, 0.2) is 0 Å². The molecule has 0 atom stereocenters. The van der Waals surface area contributed by atoms with Crippen molar-refractivity contribution in [1.82, 2.24) is 4.90 Å². The number of carbonyl (C=O) groups excluding carboxylic acids is 1. The van der Waals surface area contributed by atoms with E-state index in [1.54, 1.807) is 37.3 Å². The Kier molecular flexibility index (Phi) is 4.38. The van der Waals surface area contributed by atoms with Gasteiger partial charge in [0.1, 0.15) is 5.75 Å². The molecule has 0 radical (unpaired) electrons. The third kappa shape index (κ3) is 3.16. The zero-order valence-electron chi connectivity index (χ0n) is 13.9. The van der Waals surface area contributed by atoms with Crippen molar-refractivity contribution < 1.29 is 14.5 Å². The quantitative estimate of drug-likeness (QED) is 0.631. The molecular weight excluding hydrogens is 322 g/mol. The normalized spacial score (nSPS) is 14.3. The predicted octanol–water partition coefficient (Wildman–Crippen LogP) is 3.52. The van der Waals surface area contributed by atoms with E-state index in [1.807, 2.05) is 24.3 Å². The zero-order valence-corrected chi connectivity index (χ0v) is 13.9. The Bertz CT molecular complexity index is 863. The molecule has 1 aliphatic heterocycles. The number of amides is 2. The number of carbonyl (C=O) groups is 1. The van der Waals surface area contributed by atoms with E-state index in [0.29, 0.717) is 23.6 Å². The van der Waals surface area contributed by atoms with Gasteiger partial charge in [0.25, 0.3) is 5.69 Å². The summed E-state index contributed by atoms with van der Waals surface area (Å²) in [7, 11) is 3.23. The highest BCUT2D eigenvalue weighted by atomic mass is 16.6. The molecule has 1 aliphatic rings. The standard InChI is InChI=1S/C18H17N3O4/c1-19-17(13-5-3-7-15(11-13)21(23)24)9-10-20(18(19)22)14-6-4-8-16(12-14)25-2/h3-9,11-12H,10H2,1-2H3. The Balaban J connectivity index is 1.93. The first kappa shape index (κ1) is 16.5. The summed E-state index contributed by atoms with van der Waals surface area (Å²) >= 11 is 0. The van der Waals surface area contributed by atoms with Gasteiger partial charge in [0, 0.05) is 43.0 Å². The lowest BCUT2D eigenvalue weighted by atomic mass is 10.1. The maximum absolute atomic E-state index is 12.8. The molecule has 0 saturated carbocycles. The molecule has 3 rings (SSSR count). The van der Waals surface area contributed by atoms with Gasteiger partial charge in [0.2, 0.25) is 0 Å². The van der Waals surface area contributed by atoms with Crippen LogP contribution in [0.3, 0.4) is 0 Å². The summed E-state index contributed by atoms with van der Waals surface area (Å²) < 4.78 is 5.20. The van der Waals surface area contributed by atoms with Crippen molar-refractivity contribution in [1.29, 1.82) is 0 Å². The molecule has 2 aromatic carbocycles. The van der Waals surface area contributed by atoms with Crippen LogP contribution in [0.25, 0.3) is 5.70 Å². The number of ether oxygens (including phenoxy) is 1. The number of nitrogens with zero attached hydrogens (tertiary/aromatic N) is 3. The summed E-state index contributed by atoms with van der Waals surface area (Å²) in [6.45, 7) is 0.369. The lowest BCUT2D eigenvalue weighted by Crippen LogP contribution is -2.44. The fourth-order valence-electron chi connectivity index (χ4n) is 2.76. The highest BCUT2D eigenvalue weighted by molar-refractivity contribution is 6.00. The van der Waals surface area contributed by atoms with Crippen molar-refractivity contribution in [3.05, 3.63) is 70.3 Å². The molecule has 0 aliphatic carbocycles. The van der Waals surface area contributed by atoms with Gasteiger partial charge >= 0.3 is 6.03 Å². The number of nitro benzene ring substituents is 1. The van der Waals surface area contributed by atoms with Gasteiger partial charge in [-0.2, -0.15) is 0 Å². The average molecular weight is 339 g/mol. The van der Waals surface area contributed by atoms with Gasteiger partial charge in [-0.1, -0.05) is 18.2 Å². The van der Waals surface area contributed by atoms with Crippen LogP contribution in [-0.2, 0) is 0 Å². The maximum atomic E-state index is 12.8. The van der Waals surface area contributed by atoms with E-state index in [9.17, 15) is 14.9 Å². The molecule has 0 bridgehead atoms. The number of methoxy groups -OCH3 is 1. The molecule has 0 N–H and O–H groups in total. The first-order chi connectivity index (χ1) is 12.0. The smallest absolute Gasteiger partial charge is 0.328 e. The molecule has 2 amide bonds. The highest BCUT2D eigenvalue weighted by Crippen LogP contribution is 2.29. The molecule has 7 heteroatoms. The lowest BCUT2D eigenvalue weighted by molar-refractivity contribution is -0.384. The van der Waals surface area contributed by atoms with E-state index in [2.05, 4.69) is 0 Å². The van der Waals surface area contributed by atoms with Crippen LogP contribution in [0.2, 0.25) is 0 Å². The van der Waals surface area contributed by atoms with E-state index >= 15 is 0 Å². The number of benzene rings is 2. The third-order valence-electron chi connectivity index (χ3n) is 4.06. The summed E-state index contributed by atoms with van der Waals surface area (Å²) in [5, 5.41) is 11.0. The molecule has 0 spiro atoms. The fraction of sp³-hybridized carbons (Fsp3) is 0.167. The molecule has 0 saturated heterocycles. The van der Waals surface area contributed by atoms with Crippen molar-refractivity contribution in [2.75, 3.05) is 25.6 Å². The van der Waals surface area contributed by atoms with Gasteiger partial charge in [0.05, 0.1) is 17.7 Å². The van der Waals surface area contributed by atoms with Crippen molar-refractivity contribution in [2.45, 2.75) is 0 Å². The molecule has 0 aromatic heterocycles. The molecule has 0 fully saturated rings. The van der Waals surface area contributed by atoms with Gasteiger partial charge in [-0.05, 0) is 18.2 Å². The molecule has 0 unspecified atom stereocenters. The van der Waals surface area contributed by atoms with Gasteiger partial charge < -0.3 is 4.74 Å². The Labute approximate surface area is 144 Å². The van der Waals surface area contributed by atoms with Crippen LogP contribution in [0.15, 0.2) is 54.6 Å². The first-order valence-electron chi connectivity index (χ1n) is 7.65. The molecular formula is C18H17N3O4. The molecule has 1 heterocycles. The molecule has 128 valence electrons. The highest BCUT2D eigenvalue weighted by Gasteiger charge is 2.27. The van der Waals surface area contributed by atoms with Crippen LogP contribution >= 0.6 is 0 Å². The van der Waals surface area contributed by atoms with Gasteiger partial charge in [-0.25, -0.2) is 4.79 Å². The van der Waals surface area contributed by atoms with Crippen molar-refractivity contribution in [3.8, 4) is 5.75 Å². The van der Waals surface area contributed by atoms with Gasteiger partial charge in [-0.3, -0.25) is 19.9 Å². The number of anilines is 1. The predicted molar refractivity (Wildman–Crippen MR) is 94.6 cm³/mol. The number of hydrogen-bond acceptors (Lipinski definition) is 4. The Morgan fingerprint density at radius 2 is 1.92 bits per heavy atom. The Morgan fingerprint density at radius 3 is 2.64 bits per heavy atom. The van der Waals surface area contributed by atoms with Crippen LogP contribution in [0.1, 0.15) is 5.56 Å². The number of non-ortho nitro benzene ring substituents is 1. The maximum Gasteiger partial charge on any atom is 0.328 e. The second kappa shape index (κ2) is 6.64. The van der Waals surface area contributed by atoms with Crippen LogP contribution in [-0.4, -0.2) is 36.6 Å². The monoisotopic (exact) mass is 339 g/mol.